The Labute approximate surface area is 130 Å². The number of likely N-dealkylation sites (tertiary alicyclic amines) is 1. The average Bonchev–Trinajstić information content (AvgIpc) is 3.09. The van der Waals surface area contributed by atoms with E-state index in [1.807, 2.05) is 0 Å². The quantitative estimate of drug-likeness (QED) is 0.925. The van der Waals surface area contributed by atoms with E-state index < -0.39 is 0 Å². The number of hydrogen-bond acceptors (Lipinski definition) is 3. The van der Waals surface area contributed by atoms with Crippen molar-refractivity contribution in [1.29, 1.82) is 0 Å². The Balaban J connectivity index is 1.58. The van der Waals surface area contributed by atoms with E-state index in [9.17, 15) is 4.79 Å². The molecule has 4 nitrogen and oxygen atoms in total. The van der Waals surface area contributed by atoms with E-state index in [2.05, 4.69) is 33.3 Å². The summed E-state index contributed by atoms with van der Waals surface area (Å²) in [5.41, 5.74) is 4.70. The van der Waals surface area contributed by atoms with Gasteiger partial charge in [-0.15, -0.1) is 0 Å². The average molecular weight is 295 g/mol. The maximum atomic E-state index is 11.1. The summed E-state index contributed by atoms with van der Waals surface area (Å²) in [6, 6.07) is 10.7. The number of fused-ring (bicyclic) bond motifs is 1. The molecular weight excluding hydrogens is 274 g/mol. The molecule has 1 aliphatic carbocycles. The fraction of sp³-hybridized carbons (Fsp3) is 0.444. The Bertz CT molecular complexity index is 711. The molecule has 0 saturated carbocycles. The van der Waals surface area contributed by atoms with Gasteiger partial charge in [0.15, 0.2) is 0 Å². The standard InChI is InChI=1S/C18H21N3O/c22-18-8-7-17(19-20-18)15-4-3-14-12-16(6-5-13(14)11-15)21-9-1-2-10-21/h3-4,7-8,11,16H,1-2,5-6,9-10,12H2,(H,20,22). The topological polar surface area (TPSA) is 49.0 Å². The van der Waals surface area contributed by atoms with Gasteiger partial charge in [-0.2, -0.15) is 5.10 Å². The summed E-state index contributed by atoms with van der Waals surface area (Å²) >= 11 is 0. The minimum atomic E-state index is -0.157. The van der Waals surface area contributed by atoms with E-state index in [0.717, 1.165) is 23.7 Å². The van der Waals surface area contributed by atoms with Gasteiger partial charge in [-0.05, 0) is 68.5 Å². The van der Waals surface area contributed by atoms with Gasteiger partial charge in [-0.3, -0.25) is 4.79 Å². The molecule has 0 amide bonds. The fourth-order valence-corrected chi connectivity index (χ4v) is 3.82. The van der Waals surface area contributed by atoms with Crippen molar-refractivity contribution in [2.75, 3.05) is 13.1 Å². The van der Waals surface area contributed by atoms with Crippen LogP contribution >= 0.6 is 0 Å². The van der Waals surface area contributed by atoms with E-state index in [1.165, 1.54) is 56.0 Å². The first-order valence-corrected chi connectivity index (χ1v) is 8.21. The van der Waals surface area contributed by atoms with Crippen molar-refractivity contribution in [2.24, 2.45) is 0 Å². The van der Waals surface area contributed by atoms with Crippen LogP contribution in [0.5, 0.6) is 0 Å². The SMILES string of the molecule is O=c1ccc(-c2ccc3c(c2)CCC(N2CCCC2)C3)n[nH]1. The number of nitrogens with zero attached hydrogens (tertiary/aromatic N) is 2. The van der Waals surface area contributed by atoms with E-state index >= 15 is 0 Å². The number of aromatic amines is 1. The normalized spacial score (nSPS) is 21.7. The maximum absolute atomic E-state index is 11.1. The van der Waals surface area contributed by atoms with Gasteiger partial charge in [0.2, 0.25) is 0 Å². The van der Waals surface area contributed by atoms with E-state index in [4.69, 9.17) is 0 Å². The molecule has 1 fully saturated rings. The molecular formula is C18H21N3O. The third kappa shape index (κ3) is 2.59. The molecule has 1 atom stereocenters. The first kappa shape index (κ1) is 13.7. The predicted molar refractivity (Wildman–Crippen MR) is 86.9 cm³/mol. The van der Waals surface area contributed by atoms with E-state index in [1.54, 1.807) is 6.07 Å². The van der Waals surface area contributed by atoms with Crippen molar-refractivity contribution in [1.82, 2.24) is 15.1 Å². The van der Waals surface area contributed by atoms with Crippen LogP contribution in [0.2, 0.25) is 0 Å². The van der Waals surface area contributed by atoms with Gasteiger partial charge in [0.1, 0.15) is 0 Å². The molecule has 0 radical (unpaired) electrons. The Morgan fingerprint density at radius 1 is 1.09 bits per heavy atom. The van der Waals surface area contributed by atoms with Crippen molar-refractivity contribution < 1.29 is 0 Å². The van der Waals surface area contributed by atoms with Gasteiger partial charge < -0.3 is 4.90 Å². The van der Waals surface area contributed by atoms with Crippen LogP contribution in [-0.4, -0.2) is 34.2 Å². The fourth-order valence-electron chi connectivity index (χ4n) is 3.82. The second-order valence-electron chi connectivity index (χ2n) is 6.43. The molecule has 22 heavy (non-hydrogen) atoms. The first-order chi connectivity index (χ1) is 10.8. The summed E-state index contributed by atoms with van der Waals surface area (Å²) in [6.07, 6.45) is 6.30. The van der Waals surface area contributed by atoms with Crippen LogP contribution in [0.25, 0.3) is 11.3 Å². The Morgan fingerprint density at radius 2 is 1.95 bits per heavy atom. The third-order valence-electron chi connectivity index (χ3n) is 5.04. The minimum absolute atomic E-state index is 0.157. The number of rotatable bonds is 2. The van der Waals surface area contributed by atoms with Crippen molar-refractivity contribution in [3.8, 4) is 11.3 Å². The summed E-state index contributed by atoms with van der Waals surface area (Å²) < 4.78 is 0. The van der Waals surface area contributed by atoms with Gasteiger partial charge in [0, 0.05) is 17.7 Å². The second kappa shape index (κ2) is 5.69. The van der Waals surface area contributed by atoms with Crippen LogP contribution in [0.4, 0.5) is 0 Å². The lowest BCUT2D eigenvalue weighted by molar-refractivity contribution is 0.222. The highest BCUT2D eigenvalue weighted by atomic mass is 16.1. The first-order valence-electron chi connectivity index (χ1n) is 8.21. The molecule has 1 aromatic carbocycles. The number of H-pyrrole nitrogens is 1. The van der Waals surface area contributed by atoms with Crippen LogP contribution in [-0.2, 0) is 12.8 Å². The zero-order valence-corrected chi connectivity index (χ0v) is 12.7. The molecule has 2 aromatic rings. The molecule has 2 aliphatic rings. The number of nitrogens with one attached hydrogen (secondary N) is 1. The van der Waals surface area contributed by atoms with Crippen LogP contribution in [0.3, 0.4) is 0 Å². The Hall–Kier alpha value is -1.94. The summed E-state index contributed by atoms with van der Waals surface area (Å²) in [5, 5.41) is 6.64. The van der Waals surface area contributed by atoms with Crippen LogP contribution < -0.4 is 5.56 Å². The molecule has 4 heteroatoms. The number of aromatic nitrogens is 2. The van der Waals surface area contributed by atoms with Gasteiger partial charge >= 0.3 is 0 Å². The highest BCUT2D eigenvalue weighted by Gasteiger charge is 2.26. The third-order valence-corrected chi connectivity index (χ3v) is 5.04. The summed E-state index contributed by atoms with van der Waals surface area (Å²) in [4.78, 5) is 13.8. The lowest BCUT2D eigenvalue weighted by atomic mass is 9.86. The molecule has 1 N–H and O–H groups in total. The summed E-state index contributed by atoms with van der Waals surface area (Å²) in [6.45, 7) is 2.55. The van der Waals surface area contributed by atoms with Crippen molar-refractivity contribution in [3.05, 3.63) is 51.8 Å². The highest BCUT2D eigenvalue weighted by Crippen LogP contribution is 2.29. The Morgan fingerprint density at radius 3 is 2.73 bits per heavy atom. The molecule has 1 aromatic heterocycles. The molecule has 1 unspecified atom stereocenters. The molecule has 1 saturated heterocycles. The van der Waals surface area contributed by atoms with Gasteiger partial charge in [-0.25, -0.2) is 5.10 Å². The highest BCUT2D eigenvalue weighted by molar-refractivity contribution is 5.60. The molecule has 114 valence electrons. The second-order valence-corrected chi connectivity index (χ2v) is 6.43. The van der Waals surface area contributed by atoms with Gasteiger partial charge in [0.25, 0.3) is 5.56 Å². The van der Waals surface area contributed by atoms with Crippen LogP contribution in [0.15, 0.2) is 35.1 Å². The smallest absolute Gasteiger partial charge is 0.264 e. The van der Waals surface area contributed by atoms with Gasteiger partial charge in [0.05, 0.1) is 5.69 Å². The van der Waals surface area contributed by atoms with Crippen LogP contribution in [0.1, 0.15) is 30.4 Å². The molecule has 0 spiro atoms. The number of benzene rings is 1. The van der Waals surface area contributed by atoms with Crippen molar-refractivity contribution >= 4 is 0 Å². The zero-order chi connectivity index (χ0) is 14.9. The van der Waals surface area contributed by atoms with Crippen LogP contribution in [0, 0.1) is 0 Å². The van der Waals surface area contributed by atoms with E-state index in [0.29, 0.717) is 0 Å². The monoisotopic (exact) mass is 295 g/mol. The predicted octanol–water partition coefficient (Wildman–Crippen LogP) is 2.39. The largest absolute Gasteiger partial charge is 0.300 e. The van der Waals surface area contributed by atoms with Crippen molar-refractivity contribution in [3.63, 3.8) is 0 Å². The van der Waals surface area contributed by atoms with Crippen molar-refractivity contribution in [2.45, 2.75) is 38.1 Å². The molecule has 1 aliphatic heterocycles. The number of aryl methyl sites for hydroxylation is 1. The summed E-state index contributed by atoms with van der Waals surface area (Å²) in [7, 11) is 0. The Kier molecular flexibility index (Phi) is 3.54. The van der Waals surface area contributed by atoms with E-state index in [-0.39, 0.29) is 5.56 Å². The zero-order valence-electron chi connectivity index (χ0n) is 12.7. The lowest BCUT2D eigenvalue weighted by Crippen LogP contribution is -2.37. The summed E-state index contributed by atoms with van der Waals surface area (Å²) in [5.74, 6) is 0. The molecule has 2 heterocycles. The minimum Gasteiger partial charge on any atom is -0.300 e. The maximum Gasteiger partial charge on any atom is 0.264 e. The molecule has 4 rings (SSSR count). The van der Waals surface area contributed by atoms with Gasteiger partial charge in [-0.1, -0.05) is 12.1 Å². The number of hydrogen-bond donors (Lipinski definition) is 1. The molecule has 0 bridgehead atoms. The lowest BCUT2D eigenvalue weighted by Gasteiger charge is -2.32.